The Morgan fingerprint density at radius 2 is 2.16 bits per heavy atom. The van der Waals surface area contributed by atoms with Gasteiger partial charge in [0.05, 0.1) is 16.7 Å². The molecule has 19 heavy (non-hydrogen) atoms. The number of carbonyl (C=O) groups is 1. The van der Waals surface area contributed by atoms with Crippen LogP contribution in [0.1, 0.15) is 39.4 Å². The fourth-order valence-corrected chi connectivity index (χ4v) is 2.56. The summed E-state index contributed by atoms with van der Waals surface area (Å²) in [5, 5.41) is 2.98. The molecule has 0 spiro atoms. The number of thiocarbonyl (C=S) groups is 1. The Kier molecular flexibility index (Phi) is 5.54. The molecule has 106 valence electrons. The summed E-state index contributed by atoms with van der Waals surface area (Å²) < 4.78 is 5.27. The van der Waals surface area contributed by atoms with Crippen LogP contribution in [0.4, 0.5) is 0 Å². The maximum Gasteiger partial charge on any atom is 0.233 e. The van der Waals surface area contributed by atoms with Crippen molar-refractivity contribution in [2.75, 3.05) is 0 Å². The van der Waals surface area contributed by atoms with Crippen molar-refractivity contribution >= 4 is 23.1 Å². The summed E-state index contributed by atoms with van der Waals surface area (Å²) in [7, 11) is 0. The lowest BCUT2D eigenvalue weighted by Crippen LogP contribution is -2.50. The fraction of sp³-hybridized carbons (Fsp3) is 0.571. The molecular weight excluding hydrogens is 260 g/mol. The molecule has 0 fully saturated rings. The Bertz CT molecular complexity index is 425. The van der Waals surface area contributed by atoms with Gasteiger partial charge in [-0.3, -0.25) is 4.79 Å². The molecule has 0 saturated carbocycles. The maximum absolute atomic E-state index is 12.4. The molecule has 1 rings (SSSR count). The lowest BCUT2D eigenvalue weighted by molar-refractivity contribution is -0.128. The topological polar surface area (TPSA) is 68.3 Å². The van der Waals surface area contributed by atoms with Gasteiger partial charge in [-0.15, -0.1) is 0 Å². The normalized spacial score (nSPS) is 13.0. The predicted octanol–water partition coefficient (Wildman–Crippen LogP) is 2.42. The molecule has 1 atom stereocenters. The molecule has 3 N–H and O–H groups in total. The first kappa shape index (κ1) is 15.7. The molecule has 0 aliphatic rings. The van der Waals surface area contributed by atoms with E-state index in [4.69, 9.17) is 22.4 Å². The van der Waals surface area contributed by atoms with Crippen LogP contribution in [0, 0.1) is 5.41 Å². The third-order valence-corrected chi connectivity index (χ3v) is 3.97. The molecule has 1 amide bonds. The highest BCUT2D eigenvalue weighted by Gasteiger charge is 2.38. The summed E-state index contributed by atoms with van der Waals surface area (Å²) in [6.45, 7) is 5.80. The first-order valence-corrected chi connectivity index (χ1v) is 7.00. The molecule has 0 radical (unpaired) electrons. The average molecular weight is 282 g/mol. The second-order valence-electron chi connectivity index (χ2n) is 4.81. The molecule has 4 nitrogen and oxygen atoms in total. The Hall–Kier alpha value is -1.36. The number of hydrogen-bond acceptors (Lipinski definition) is 3. The molecule has 5 heteroatoms. The van der Waals surface area contributed by atoms with E-state index < -0.39 is 5.41 Å². The second kappa shape index (κ2) is 6.70. The van der Waals surface area contributed by atoms with E-state index in [0.717, 1.165) is 5.76 Å². The zero-order valence-corrected chi connectivity index (χ0v) is 12.5. The van der Waals surface area contributed by atoms with Crippen molar-refractivity contribution in [2.24, 2.45) is 11.1 Å². The van der Waals surface area contributed by atoms with Gasteiger partial charge in [-0.2, -0.15) is 0 Å². The third kappa shape index (κ3) is 3.56. The summed E-state index contributed by atoms with van der Waals surface area (Å²) in [6.07, 6.45) is 3.50. The lowest BCUT2D eigenvalue weighted by atomic mass is 9.81. The second-order valence-corrected chi connectivity index (χ2v) is 5.25. The number of furan rings is 1. The van der Waals surface area contributed by atoms with Crippen LogP contribution in [0.2, 0.25) is 0 Å². The van der Waals surface area contributed by atoms with Gasteiger partial charge in [0.1, 0.15) is 5.76 Å². The average Bonchev–Trinajstić information content (AvgIpc) is 2.83. The summed E-state index contributed by atoms with van der Waals surface area (Å²) in [4.78, 5) is 12.7. The molecule has 0 bridgehead atoms. The summed E-state index contributed by atoms with van der Waals surface area (Å²) in [5.74, 6) is 0.755. The van der Waals surface area contributed by atoms with E-state index >= 15 is 0 Å². The summed E-state index contributed by atoms with van der Waals surface area (Å²) in [5.41, 5.74) is 5.01. The van der Waals surface area contributed by atoms with Crippen molar-refractivity contribution in [3.05, 3.63) is 24.2 Å². The van der Waals surface area contributed by atoms with Crippen LogP contribution in [0.25, 0.3) is 0 Å². The largest absolute Gasteiger partial charge is 0.469 e. The van der Waals surface area contributed by atoms with Crippen LogP contribution in [0.5, 0.6) is 0 Å². The highest BCUT2D eigenvalue weighted by Crippen LogP contribution is 2.27. The molecule has 0 aromatic carbocycles. The molecule has 0 saturated heterocycles. The number of hydrogen-bond donors (Lipinski definition) is 2. The van der Waals surface area contributed by atoms with Gasteiger partial charge in [-0.1, -0.05) is 26.1 Å². The molecule has 0 aliphatic heterocycles. The van der Waals surface area contributed by atoms with Gasteiger partial charge >= 0.3 is 0 Å². The number of nitrogens with two attached hydrogens (primary N) is 1. The minimum Gasteiger partial charge on any atom is -0.469 e. The Morgan fingerprint density at radius 1 is 1.53 bits per heavy atom. The number of carbonyl (C=O) groups excluding carboxylic acids is 1. The lowest BCUT2D eigenvalue weighted by Gasteiger charge is -2.30. The van der Waals surface area contributed by atoms with Crippen LogP contribution < -0.4 is 11.1 Å². The molecular formula is C14H22N2O2S. The standard InChI is InChI=1S/C14H22N2O2S/c1-4-14(5-2,12(15)19)13(17)16-10(3)9-11-7-6-8-18-11/h6-8,10H,4-5,9H2,1-3H3,(H2,15,19)(H,16,17). The summed E-state index contributed by atoms with van der Waals surface area (Å²) in [6, 6.07) is 3.70. The van der Waals surface area contributed by atoms with Crippen LogP contribution in [-0.4, -0.2) is 16.9 Å². The van der Waals surface area contributed by atoms with E-state index in [-0.39, 0.29) is 16.9 Å². The molecule has 1 heterocycles. The van der Waals surface area contributed by atoms with E-state index in [1.54, 1.807) is 6.26 Å². The van der Waals surface area contributed by atoms with Gasteiger partial charge in [0.25, 0.3) is 0 Å². The molecule has 1 aromatic heterocycles. The van der Waals surface area contributed by atoms with E-state index in [1.165, 1.54) is 0 Å². The van der Waals surface area contributed by atoms with E-state index in [1.807, 2.05) is 32.9 Å². The SMILES string of the molecule is CCC(CC)(C(=O)NC(C)Cc1ccco1)C(N)=S. The van der Waals surface area contributed by atoms with Crippen molar-refractivity contribution < 1.29 is 9.21 Å². The first-order chi connectivity index (χ1) is 8.96. The monoisotopic (exact) mass is 282 g/mol. The van der Waals surface area contributed by atoms with Crippen LogP contribution in [0.15, 0.2) is 22.8 Å². The van der Waals surface area contributed by atoms with Gasteiger partial charge in [-0.25, -0.2) is 0 Å². The molecule has 0 aliphatic carbocycles. The zero-order chi connectivity index (χ0) is 14.5. The Balaban J connectivity index is 2.69. The minimum absolute atomic E-state index is 0.0227. The smallest absolute Gasteiger partial charge is 0.233 e. The van der Waals surface area contributed by atoms with Crippen LogP contribution >= 0.6 is 12.2 Å². The van der Waals surface area contributed by atoms with Gasteiger partial charge in [0.15, 0.2) is 0 Å². The minimum atomic E-state index is -0.743. The van der Waals surface area contributed by atoms with Gasteiger partial charge in [0.2, 0.25) is 5.91 Å². The summed E-state index contributed by atoms with van der Waals surface area (Å²) >= 11 is 5.07. The van der Waals surface area contributed by atoms with Crippen molar-refractivity contribution in [2.45, 2.75) is 46.1 Å². The van der Waals surface area contributed by atoms with E-state index in [2.05, 4.69) is 5.32 Å². The predicted molar refractivity (Wildman–Crippen MR) is 79.8 cm³/mol. The maximum atomic E-state index is 12.4. The van der Waals surface area contributed by atoms with E-state index in [9.17, 15) is 4.79 Å². The van der Waals surface area contributed by atoms with Gasteiger partial charge in [-0.05, 0) is 31.9 Å². The van der Waals surface area contributed by atoms with Gasteiger partial charge in [0, 0.05) is 12.5 Å². The molecule has 1 unspecified atom stereocenters. The van der Waals surface area contributed by atoms with Gasteiger partial charge < -0.3 is 15.5 Å². The first-order valence-electron chi connectivity index (χ1n) is 6.59. The fourth-order valence-electron chi connectivity index (χ4n) is 2.17. The highest BCUT2D eigenvalue weighted by molar-refractivity contribution is 7.80. The van der Waals surface area contributed by atoms with Crippen LogP contribution in [0.3, 0.4) is 0 Å². The Morgan fingerprint density at radius 3 is 2.58 bits per heavy atom. The quantitative estimate of drug-likeness (QED) is 0.754. The highest BCUT2D eigenvalue weighted by atomic mass is 32.1. The molecule has 1 aromatic rings. The van der Waals surface area contributed by atoms with Crippen molar-refractivity contribution in [1.82, 2.24) is 5.32 Å². The van der Waals surface area contributed by atoms with Crippen molar-refractivity contribution in [1.29, 1.82) is 0 Å². The van der Waals surface area contributed by atoms with Crippen LogP contribution in [-0.2, 0) is 11.2 Å². The van der Waals surface area contributed by atoms with Crippen molar-refractivity contribution in [3.8, 4) is 0 Å². The zero-order valence-electron chi connectivity index (χ0n) is 11.7. The third-order valence-electron chi connectivity index (χ3n) is 3.58. The number of rotatable bonds is 7. The Labute approximate surface area is 119 Å². The van der Waals surface area contributed by atoms with Crippen molar-refractivity contribution in [3.63, 3.8) is 0 Å². The number of amides is 1. The van der Waals surface area contributed by atoms with E-state index in [0.29, 0.717) is 19.3 Å². The number of nitrogens with one attached hydrogen (secondary N) is 1.